The zero-order valence-corrected chi connectivity index (χ0v) is 18.3. The largest absolute Gasteiger partial charge is 0.397 e. The summed E-state index contributed by atoms with van der Waals surface area (Å²) in [4.78, 5) is 21.3. The highest BCUT2D eigenvalue weighted by Crippen LogP contribution is 2.59. The number of carbonyl (C=O) groups is 1. The first-order valence-electron chi connectivity index (χ1n) is 10.1. The molecule has 2 aromatic heterocycles. The first-order chi connectivity index (χ1) is 14.4. The molecule has 2 saturated carbocycles. The third kappa shape index (κ3) is 3.03. The molecule has 4 atom stereocenters. The smallest absolute Gasteiger partial charge is 0.229 e. The Hall–Kier alpha value is -2.37. The van der Waals surface area contributed by atoms with Crippen LogP contribution < -0.4 is 11.1 Å². The minimum atomic E-state index is 0.0464. The molecule has 5 nitrogen and oxygen atoms in total. The van der Waals surface area contributed by atoms with E-state index in [1.807, 2.05) is 13.0 Å². The first-order valence-corrected chi connectivity index (χ1v) is 10.9. The van der Waals surface area contributed by atoms with Crippen molar-refractivity contribution < 1.29 is 4.79 Å². The Morgan fingerprint density at radius 3 is 2.60 bits per heavy atom. The fourth-order valence-electron chi connectivity index (χ4n) is 5.08. The fraction of sp³-hybridized carbons (Fsp3) is 0.348. The standard InChI is InChI=1S/C23H22Cl2N4O/c1-10-5-12-13(6-10)18(12)23(30)29-17-7-14-16(9-28-17)22(26)21(25)19(20(14)24)15-8-27-4-3-11(15)2/h3-4,7-10,12-13,18H,5-6,26H2,1-2H3,(H,28,29,30)/t10?,12-,13+,18?. The van der Waals surface area contributed by atoms with Crippen LogP contribution in [0.2, 0.25) is 10.0 Å². The normalized spacial score (nSPS) is 24.7. The van der Waals surface area contributed by atoms with Crippen molar-refractivity contribution in [2.24, 2.45) is 23.7 Å². The molecule has 0 aliphatic heterocycles. The number of fused-ring (bicyclic) bond motifs is 2. The van der Waals surface area contributed by atoms with E-state index in [1.54, 1.807) is 24.7 Å². The average molecular weight is 441 g/mol. The van der Waals surface area contributed by atoms with Gasteiger partial charge in [-0.1, -0.05) is 30.1 Å². The minimum absolute atomic E-state index is 0.0464. The highest BCUT2D eigenvalue weighted by Gasteiger charge is 2.58. The summed E-state index contributed by atoms with van der Waals surface area (Å²) in [6.07, 6.45) is 7.35. The molecule has 2 aliphatic carbocycles. The summed E-state index contributed by atoms with van der Waals surface area (Å²) >= 11 is 13.4. The molecule has 5 rings (SSSR count). The quantitative estimate of drug-likeness (QED) is 0.509. The van der Waals surface area contributed by atoms with E-state index in [4.69, 9.17) is 28.9 Å². The Kier molecular flexibility index (Phi) is 4.64. The van der Waals surface area contributed by atoms with Gasteiger partial charge in [-0.2, -0.15) is 0 Å². The molecule has 3 N–H and O–H groups in total. The lowest BCUT2D eigenvalue weighted by Crippen LogP contribution is -2.18. The number of rotatable bonds is 3. The van der Waals surface area contributed by atoms with E-state index in [9.17, 15) is 4.79 Å². The maximum atomic E-state index is 12.7. The number of hydrogen-bond donors (Lipinski definition) is 2. The van der Waals surface area contributed by atoms with Gasteiger partial charge in [0.25, 0.3) is 0 Å². The number of nitrogens with two attached hydrogens (primary N) is 1. The van der Waals surface area contributed by atoms with E-state index in [-0.39, 0.29) is 11.8 Å². The molecule has 30 heavy (non-hydrogen) atoms. The van der Waals surface area contributed by atoms with Crippen molar-refractivity contribution in [2.75, 3.05) is 11.1 Å². The highest BCUT2D eigenvalue weighted by molar-refractivity contribution is 6.45. The van der Waals surface area contributed by atoms with Crippen LogP contribution in [0.5, 0.6) is 0 Å². The van der Waals surface area contributed by atoms with Crippen LogP contribution >= 0.6 is 23.2 Å². The molecular formula is C23H22Cl2N4O. The van der Waals surface area contributed by atoms with Crippen LogP contribution in [0.1, 0.15) is 25.3 Å². The second-order valence-corrected chi connectivity index (χ2v) is 9.40. The van der Waals surface area contributed by atoms with Gasteiger partial charge in [-0.3, -0.25) is 9.78 Å². The summed E-state index contributed by atoms with van der Waals surface area (Å²) in [5.74, 6) is 2.41. The molecule has 3 aromatic rings. The number of hydrogen-bond acceptors (Lipinski definition) is 4. The Morgan fingerprint density at radius 2 is 1.90 bits per heavy atom. The van der Waals surface area contributed by atoms with Gasteiger partial charge in [0, 0.05) is 46.4 Å². The second-order valence-electron chi connectivity index (χ2n) is 8.64. The number of anilines is 2. The van der Waals surface area contributed by atoms with Gasteiger partial charge in [0.1, 0.15) is 5.82 Å². The van der Waals surface area contributed by atoms with E-state index in [1.165, 1.54) is 0 Å². The third-order valence-corrected chi connectivity index (χ3v) is 7.43. The van der Waals surface area contributed by atoms with Gasteiger partial charge in [-0.05, 0) is 55.2 Å². The van der Waals surface area contributed by atoms with Crippen LogP contribution in [0.3, 0.4) is 0 Å². The molecular weight excluding hydrogens is 419 g/mol. The van der Waals surface area contributed by atoms with Crippen molar-refractivity contribution in [3.63, 3.8) is 0 Å². The summed E-state index contributed by atoms with van der Waals surface area (Å²) in [6.45, 7) is 4.22. The van der Waals surface area contributed by atoms with Crippen LogP contribution in [0.4, 0.5) is 11.5 Å². The topological polar surface area (TPSA) is 80.9 Å². The van der Waals surface area contributed by atoms with Crippen LogP contribution in [0.25, 0.3) is 21.9 Å². The summed E-state index contributed by atoms with van der Waals surface area (Å²) in [5.41, 5.74) is 9.18. The number of carbonyl (C=O) groups excluding carboxylic acids is 1. The van der Waals surface area contributed by atoms with E-state index in [2.05, 4.69) is 22.2 Å². The van der Waals surface area contributed by atoms with Crippen molar-refractivity contribution in [2.45, 2.75) is 26.7 Å². The van der Waals surface area contributed by atoms with Gasteiger partial charge in [-0.15, -0.1) is 0 Å². The SMILES string of the molecule is Cc1ccncc1-c1c(Cl)c(N)c2cnc(NC(=O)C3[C@H]4CC(C)C[C@@H]34)cc2c1Cl. The lowest BCUT2D eigenvalue weighted by atomic mass is 9.98. The lowest BCUT2D eigenvalue weighted by molar-refractivity contribution is -0.118. The summed E-state index contributed by atoms with van der Waals surface area (Å²) in [7, 11) is 0. The first kappa shape index (κ1) is 19.6. The van der Waals surface area contributed by atoms with Gasteiger partial charge in [0.2, 0.25) is 5.91 Å². The number of nitrogen functional groups attached to an aromatic ring is 1. The van der Waals surface area contributed by atoms with Crippen LogP contribution in [-0.2, 0) is 4.79 Å². The van der Waals surface area contributed by atoms with E-state index < -0.39 is 0 Å². The van der Waals surface area contributed by atoms with Gasteiger partial charge in [0.15, 0.2) is 0 Å². The Labute approximate surface area is 185 Å². The van der Waals surface area contributed by atoms with E-state index >= 15 is 0 Å². The number of aromatic nitrogens is 2. The van der Waals surface area contributed by atoms with Crippen molar-refractivity contribution in [3.8, 4) is 11.1 Å². The number of pyridine rings is 2. The van der Waals surface area contributed by atoms with Crippen molar-refractivity contribution in [1.29, 1.82) is 0 Å². The van der Waals surface area contributed by atoms with E-state index in [0.717, 1.165) is 29.9 Å². The van der Waals surface area contributed by atoms with Gasteiger partial charge in [0.05, 0.1) is 15.7 Å². The molecule has 154 valence electrons. The fourth-order valence-corrected chi connectivity index (χ4v) is 5.78. The number of amides is 1. The maximum Gasteiger partial charge on any atom is 0.229 e. The zero-order valence-electron chi connectivity index (χ0n) is 16.7. The second kappa shape index (κ2) is 7.10. The molecule has 2 aliphatic rings. The molecule has 0 saturated heterocycles. The van der Waals surface area contributed by atoms with Gasteiger partial charge < -0.3 is 11.1 Å². The van der Waals surface area contributed by atoms with Gasteiger partial charge >= 0.3 is 0 Å². The number of nitrogens with zero attached hydrogens (tertiary/aromatic N) is 2. The molecule has 1 aromatic carbocycles. The molecule has 1 amide bonds. The summed E-state index contributed by atoms with van der Waals surface area (Å²) < 4.78 is 0. The highest BCUT2D eigenvalue weighted by atomic mass is 35.5. The lowest BCUT2D eigenvalue weighted by Gasteiger charge is -2.16. The molecule has 2 unspecified atom stereocenters. The van der Waals surface area contributed by atoms with Crippen LogP contribution in [0, 0.1) is 30.6 Å². The van der Waals surface area contributed by atoms with Crippen LogP contribution in [-0.4, -0.2) is 15.9 Å². The molecule has 0 radical (unpaired) electrons. The minimum Gasteiger partial charge on any atom is -0.397 e. The predicted octanol–water partition coefficient (Wildman–Crippen LogP) is 5.72. The maximum absolute atomic E-state index is 12.7. The summed E-state index contributed by atoms with van der Waals surface area (Å²) in [5, 5.41) is 5.18. The monoisotopic (exact) mass is 440 g/mol. The Balaban J connectivity index is 1.53. The van der Waals surface area contributed by atoms with Crippen molar-refractivity contribution in [1.82, 2.24) is 9.97 Å². The summed E-state index contributed by atoms with van der Waals surface area (Å²) in [6, 6.07) is 3.67. The average Bonchev–Trinajstić information content (AvgIpc) is 3.24. The van der Waals surface area contributed by atoms with Gasteiger partial charge in [-0.25, -0.2) is 4.98 Å². The molecule has 0 spiro atoms. The van der Waals surface area contributed by atoms with Crippen LogP contribution in [0.15, 0.2) is 30.7 Å². The Morgan fingerprint density at radius 1 is 1.17 bits per heavy atom. The molecule has 0 bridgehead atoms. The molecule has 7 heteroatoms. The molecule has 2 fully saturated rings. The number of halogens is 2. The molecule has 2 heterocycles. The number of benzene rings is 1. The van der Waals surface area contributed by atoms with E-state index in [0.29, 0.717) is 49.7 Å². The van der Waals surface area contributed by atoms with Crippen molar-refractivity contribution >= 4 is 51.4 Å². The third-order valence-electron chi connectivity index (χ3n) is 6.65. The number of aryl methyl sites for hydroxylation is 1. The predicted molar refractivity (Wildman–Crippen MR) is 122 cm³/mol. The Bertz CT molecular complexity index is 1180. The number of nitrogens with one attached hydrogen (secondary N) is 1. The van der Waals surface area contributed by atoms with Crippen molar-refractivity contribution in [3.05, 3.63) is 46.3 Å². The zero-order chi connectivity index (χ0) is 21.2.